The van der Waals surface area contributed by atoms with Crippen molar-refractivity contribution in [1.82, 2.24) is 4.98 Å². The Labute approximate surface area is 152 Å². The van der Waals surface area contributed by atoms with Gasteiger partial charge in [-0.2, -0.15) is 5.26 Å². The molecule has 1 aromatic carbocycles. The van der Waals surface area contributed by atoms with Gasteiger partial charge in [0.15, 0.2) is 11.3 Å². The van der Waals surface area contributed by atoms with E-state index >= 15 is 0 Å². The number of pyridine rings is 1. The lowest BCUT2D eigenvalue weighted by Gasteiger charge is -2.04. The van der Waals surface area contributed by atoms with Crippen molar-refractivity contribution >= 4 is 22.6 Å². The Morgan fingerprint density at radius 2 is 2.15 bits per heavy atom. The fourth-order valence-corrected chi connectivity index (χ4v) is 3.69. The highest BCUT2D eigenvalue weighted by molar-refractivity contribution is 5.98. The van der Waals surface area contributed by atoms with Gasteiger partial charge in [-0.3, -0.25) is 4.98 Å². The minimum Gasteiger partial charge on any atom is -0.493 e. The lowest BCUT2D eigenvalue weighted by Crippen LogP contribution is -1.87. The van der Waals surface area contributed by atoms with Crippen molar-refractivity contribution in [2.24, 2.45) is 0 Å². The molecule has 0 spiro atoms. The van der Waals surface area contributed by atoms with Crippen LogP contribution < -0.4 is 4.74 Å². The highest BCUT2D eigenvalue weighted by Gasteiger charge is 2.22. The number of ether oxygens (including phenoxy) is 1. The van der Waals surface area contributed by atoms with E-state index in [9.17, 15) is 5.26 Å². The molecular weight excluding hydrogens is 324 g/mol. The average Bonchev–Trinajstić information content (AvgIpc) is 3.36. The molecule has 2 aromatic heterocycles. The molecule has 0 aliphatic heterocycles. The highest BCUT2D eigenvalue weighted by atomic mass is 16.5. The van der Waals surface area contributed by atoms with Gasteiger partial charge in [-0.1, -0.05) is 25.0 Å². The molecule has 1 aliphatic carbocycles. The molecule has 0 radical (unpaired) electrons. The lowest BCUT2D eigenvalue weighted by atomic mass is 10.0. The van der Waals surface area contributed by atoms with Crippen LogP contribution in [0.5, 0.6) is 5.75 Å². The Bertz CT molecular complexity index is 990. The van der Waals surface area contributed by atoms with Gasteiger partial charge in [0.25, 0.3) is 0 Å². The maximum Gasteiger partial charge on any atom is 0.176 e. The number of hydrogen-bond acceptors (Lipinski definition) is 4. The van der Waals surface area contributed by atoms with Crippen molar-refractivity contribution in [2.75, 3.05) is 7.11 Å². The number of benzene rings is 1. The monoisotopic (exact) mass is 344 g/mol. The van der Waals surface area contributed by atoms with Gasteiger partial charge in [0.2, 0.25) is 0 Å². The molecule has 4 nitrogen and oxygen atoms in total. The third kappa shape index (κ3) is 2.97. The lowest BCUT2D eigenvalue weighted by molar-refractivity contribution is 0.404. The van der Waals surface area contributed by atoms with Crippen LogP contribution in [0.25, 0.3) is 22.6 Å². The van der Waals surface area contributed by atoms with E-state index in [1.807, 2.05) is 30.3 Å². The van der Waals surface area contributed by atoms with Crippen molar-refractivity contribution in [2.45, 2.75) is 31.6 Å². The number of nitrogens with zero attached hydrogens (tertiary/aromatic N) is 2. The number of rotatable bonds is 4. The summed E-state index contributed by atoms with van der Waals surface area (Å²) in [5.41, 5.74) is 3.09. The molecule has 1 fully saturated rings. The van der Waals surface area contributed by atoms with Crippen molar-refractivity contribution in [3.05, 3.63) is 59.6 Å². The second-order valence-electron chi connectivity index (χ2n) is 6.64. The molecule has 4 rings (SSSR count). The molecule has 1 aliphatic rings. The third-order valence-electron chi connectivity index (χ3n) is 5.07. The predicted molar refractivity (Wildman–Crippen MR) is 102 cm³/mol. The zero-order valence-corrected chi connectivity index (χ0v) is 14.7. The summed E-state index contributed by atoms with van der Waals surface area (Å²) in [5.74, 6) is 2.23. The van der Waals surface area contributed by atoms with Crippen LogP contribution in [0.2, 0.25) is 0 Å². The molecule has 3 aromatic rings. The van der Waals surface area contributed by atoms with Crippen LogP contribution >= 0.6 is 0 Å². The zero-order valence-electron chi connectivity index (χ0n) is 14.7. The molecule has 1 saturated carbocycles. The first-order valence-corrected chi connectivity index (χ1v) is 8.93. The summed E-state index contributed by atoms with van der Waals surface area (Å²) < 4.78 is 11.7. The van der Waals surface area contributed by atoms with E-state index in [2.05, 4.69) is 17.1 Å². The first-order chi connectivity index (χ1) is 12.8. The molecule has 2 heterocycles. The number of methoxy groups -OCH3 is 1. The summed E-state index contributed by atoms with van der Waals surface area (Å²) in [6.45, 7) is 0. The number of aromatic nitrogens is 1. The van der Waals surface area contributed by atoms with E-state index in [-0.39, 0.29) is 0 Å². The van der Waals surface area contributed by atoms with Gasteiger partial charge in [-0.05, 0) is 42.7 Å². The number of allylic oxidation sites excluding steroid dienone is 1. The number of hydrogen-bond donors (Lipinski definition) is 0. The van der Waals surface area contributed by atoms with Crippen LogP contribution in [-0.4, -0.2) is 12.1 Å². The highest BCUT2D eigenvalue weighted by Crippen LogP contribution is 2.40. The fraction of sp³-hybridized carbons (Fsp3) is 0.273. The number of nitriles is 1. The summed E-state index contributed by atoms with van der Waals surface area (Å²) in [7, 11) is 1.65. The molecule has 0 unspecified atom stereocenters. The number of fused-ring (bicyclic) bond motifs is 1. The Morgan fingerprint density at radius 3 is 2.85 bits per heavy atom. The van der Waals surface area contributed by atoms with Crippen LogP contribution in [0.1, 0.15) is 48.5 Å². The largest absolute Gasteiger partial charge is 0.493 e. The first kappa shape index (κ1) is 16.4. The Hall–Kier alpha value is -3.06. The van der Waals surface area contributed by atoms with E-state index in [1.54, 1.807) is 19.5 Å². The standard InChI is InChI=1S/C22H20N2O2/c1-25-20-9-8-16(11-18(13-23)17-7-4-10-24-14-17)19-12-21(26-22(19)20)15-5-2-3-6-15/h4,7-12,14-15H,2-3,5-6H2,1H3. The molecule has 26 heavy (non-hydrogen) atoms. The predicted octanol–water partition coefficient (Wildman–Crippen LogP) is 5.56. The van der Waals surface area contributed by atoms with Crippen LogP contribution in [0, 0.1) is 11.3 Å². The first-order valence-electron chi connectivity index (χ1n) is 8.93. The molecule has 0 bridgehead atoms. The average molecular weight is 344 g/mol. The Balaban J connectivity index is 1.84. The topological polar surface area (TPSA) is 59.0 Å². The molecule has 0 amide bonds. The summed E-state index contributed by atoms with van der Waals surface area (Å²) in [4.78, 5) is 4.11. The van der Waals surface area contributed by atoms with Gasteiger partial charge in [0.1, 0.15) is 5.76 Å². The van der Waals surface area contributed by atoms with E-state index in [0.717, 1.165) is 33.6 Å². The smallest absolute Gasteiger partial charge is 0.176 e. The zero-order chi connectivity index (χ0) is 17.9. The Morgan fingerprint density at radius 1 is 1.31 bits per heavy atom. The maximum absolute atomic E-state index is 9.60. The van der Waals surface area contributed by atoms with Crippen molar-refractivity contribution in [3.63, 3.8) is 0 Å². The van der Waals surface area contributed by atoms with Gasteiger partial charge < -0.3 is 9.15 Å². The molecule has 4 heteroatoms. The van der Waals surface area contributed by atoms with E-state index in [0.29, 0.717) is 11.5 Å². The minimum absolute atomic E-state index is 0.484. The molecule has 0 saturated heterocycles. The van der Waals surface area contributed by atoms with Crippen LogP contribution in [0.15, 0.2) is 47.1 Å². The van der Waals surface area contributed by atoms with Gasteiger partial charge in [0.05, 0.1) is 18.8 Å². The van der Waals surface area contributed by atoms with E-state index in [1.165, 1.54) is 25.7 Å². The van der Waals surface area contributed by atoms with Crippen molar-refractivity contribution in [1.29, 1.82) is 5.26 Å². The SMILES string of the molecule is COc1ccc(C=C(C#N)c2cccnc2)c2cc(C3CCCC3)oc12. The van der Waals surface area contributed by atoms with Crippen LogP contribution in [0.4, 0.5) is 0 Å². The summed E-state index contributed by atoms with van der Waals surface area (Å²) in [6, 6.07) is 12.0. The quantitative estimate of drug-likeness (QED) is 0.582. The molecule has 0 atom stereocenters. The normalized spacial score (nSPS) is 15.3. The van der Waals surface area contributed by atoms with Crippen LogP contribution in [-0.2, 0) is 0 Å². The molecular formula is C22H20N2O2. The van der Waals surface area contributed by atoms with Gasteiger partial charge >= 0.3 is 0 Å². The van der Waals surface area contributed by atoms with E-state index < -0.39 is 0 Å². The molecule has 130 valence electrons. The van der Waals surface area contributed by atoms with Gasteiger partial charge in [-0.25, -0.2) is 0 Å². The van der Waals surface area contributed by atoms with E-state index in [4.69, 9.17) is 9.15 Å². The van der Waals surface area contributed by atoms with Crippen molar-refractivity contribution < 1.29 is 9.15 Å². The van der Waals surface area contributed by atoms with Gasteiger partial charge in [-0.15, -0.1) is 0 Å². The van der Waals surface area contributed by atoms with Crippen LogP contribution in [0.3, 0.4) is 0 Å². The second-order valence-corrected chi connectivity index (χ2v) is 6.64. The maximum atomic E-state index is 9.60. The Kier molecular flexibility index (Phi) is 4.45. The fourth-order valence-electron chi connectivity index (χ4n) is 3.69. The second kappa shape index (κ2) is 7.05. The van der Waals surface area contributed by atoms with Crippen molar-refractivity contribution in [3.8, 4) is 11.8 Å². The summed E-state index contributed by atoms with van der Waals surface area (Å²) >= 11 is 0. The van der Waals surface area contributed by atoms with Gasteiger partial charge in [0, 0.05) is 29.3 Å². The summed E-state index contributed by atoms with van der Waals surface area (Å²) in [5, 5.41) is 10.6. The molecule has 0 N–H and O–H groups in total. The minimum atomic E-state index is 0.484. The third-order valence-corrected chi connectivity index (χ3v) is 5.07. The summed E-state index contributed by atoms with van der Waals surface area (Å²) in [6.07, 6.45) is 10.2. The number of furan rings is 1.